The van der Waals surface area contributed by atoms with Gasteiger partial charge in [0.1, 0.15) is 0 Å². The third-order valence-electron chi connectivity index (χ3n) is 1.96. The first-order chi connectivity index (χ1) is 7.40. The van der Waals surface area contributed by atoms with Gasteiger partial charge in [-0.05, 0) is 30.0 Å². The van der Waals surface area contributed by atoms with Crippen molar-refractivity contribution >= 4 is 22.7 Å². The van der Waals surface area contributed by atoms with Crippen LogP contribution in [0.15, 0.2) is 29.6 Å². The summed E-state index contributed by atoms with van der Waals surface area (Å²) < 4.78 is 0. The molecule has 0 radical (unpaired) electrons. The molecule has 0 fully saturated rings. The molecule has 0 unspecified atom stereocenters. The Hall–Kier alpha value is -1.04. The van der Waals surface area contributed by atoms with Crippen LogP contribution in [-0.4, -0.2) is 0 Å². The Kier molecular flexibility index (Phi) is 3.60. The molecule has 0 saturated heterocycles. The van der Waals surface area contributed by atoms with E-state index in [1.807, 2.05) is 0 Å². The smallest absolute Gasteiger partial charge is 0.0775 e. The van der Waals surface area contributed by atoms with Crippen LogP contribution >= 0.6 is 22.7 Å². The minimum absolute atomic E-state index is 0.992. The van der Waals surface area contributed by atoms with Gasteiger partial charge in [0.15, 0.2) is 0 Å². The monoisotopic (exact) mass is 232 g/mol. The molecule has 0 N–H and O–H groups in total. The Morgan fingerprint density at radius 2 is 2.13 bits per heavy atom. The lowest BCUT2D eigenvalue weighted by molar-refractivity contribution is 0.983. The number of rotatable bonds is 2. The van der Waals surface area contributed by atoms with Crippen LogP contribution in [0.25, 0.3) is 9.75 Å². The standard InChI is InChI=1S/C13H12S2/c1-2-3-4-6-11-8-9-13(15-11)12-7-5-10-14-12/h5,7-10H,2-3H2,1H3. The lowest BCUT2D eigenvalue weighted by Crippen LogP contribution is -1.62. The maximum absolute atomic E-state index is 3.20. The highest BCUT2D eigenvalue weighted by molar-refractivity contribution is 7.21. The Balaban J connectivity index is 2.15. The van der Waals surface area contributed by atoms with E-state index in [9.17, 15) is 0 Å². The second-order valence-corrected chi connectivity index (χ2v) is 5.22. The van der Waals surface area contributed by atoms with Gasteiger partial charge in [0.2, 0.25) is 0 Å². The molecule has 2 heteroatoms. The summed E-state index contributed by atoms with van der Waals surface area (Å²) in [6, 6.07) is 8.51. The summed E-state index contributed by atoms with van der Waals surface area (Å²) in [5.41, 5.74) is 0. The van der Waals surface area contributed by atoms with Crippen molar-refractivity contribution in [2.45, 2.75) is 19.8 Å². The van der Waals surface area contributed by atoms with E-state index in [2.05, 4.69) is 48.4 Å². The summed E-state index contributed by atoms with van der Waals surface area (Å²) in [4.78, 5) is 3.83. The fraction of sp³-hybridized carbons (Fsp3) is 0.231. The molecule has 0 aliphatic rings. The van der Waals surface area contributed by atoms with E-state index >= 15 is 0 Å². The van der Waals surface area contributed by atoms with Gasteiger partial charge in [-0.25, -0.2) is 0 Å². The molecule has 0 spiro atoms. The van der Waals surface area contributed by atoms with Crippen molar-refractivity contribution in [1.82, 2.24) is 0 Å². The lowest BCUT2D eigenvalue weighted by Gasteiger charge is -1.86. The molecule has 2 aromatic heterocycles. The highest BCUT2D eigenvalue weighted by Crippen LogP contribution is 2.30. The molecular formula is C13H12S2. The van der Waals surface area contributed by atoms with E-state index in [0.717, 1.165) is 12.8 Å². The van der Waals surface area contributed by atoms with Gasteiger partial charge in [-0.3, -0.25) is 0 Å². The van der Waals surface area contributed by atoms with Crippen molar-refractivity contribution in [2.24, 2.45) is 0 Å². The minimum Gasteiger partial charge on any atom is -0.143 e. The predicted molar refractivity (Wildman–Crippen MR) is 69.4 cm³/mol. The molecule has 15 heavy (non-hydrogen) atoms. The molecule has 2 heterocycles. The third kappa shape index (κ3) is 2.71. The molecule has 2 rings (SSSR count). The highest BCUT2D eigenvalue weighted by Gasteiger charge is 2.01. The van der Waals surface area contributed by atoms with Crippen LogP contribution in [0.2, 0.25) is 0 Å². The summed E-state index contributed by atoms with van der Waals surface area (Å²) in [7, 11) is 0. The largest absolute Gasteiger partial charge is 0.143 e. The summed E-state index contributed by atoms with van der Waals surface area (Å²) in [6.45, 7) is 2.15. The first-order valence-electron chi connectivity index (χ1n) is 5.02. The predicted octanol–water partition coefficient (Wildman–Crippen LogP) is 4.63. The van der Waals surface area contributed by atoms with Gasteiger partial charge < -0.3 is 0 Å². The van der Waals surface area contributed by atoms with Crippen molar-refractivity contribution in [3.8, 4) is 21.6 Å². The van der Waals surface area contributed by atoms with Gasteiger partial charge >= 0.3 is 0 Å². The summed E-state index contributed by atoms with van der Waals surface area (Å²) >= 11 is 3.56. The van der Waals surface area contributed by atoms with Crippen molar-refractivity contribution in [3.63, 3.8) is 0 Å². The summed E-state index contributed by atoms with van der Waals surface area (Å²) in [6.07, 6.45) is 2.13. The van der Waals surface area contributed by atoms with E-state index < -0.39 is 0 Å². The van der Waals surface area contributed by atoms with Gasteiger partial charge in [-0.2, -0.15) is 0 Å². The number of thiophene rings is 2. The van der Waals surface area contributed by atoms with Crippen LogP contribution in [0, 0.1) is 11.8 Å². The molecule has 0 aliphatic heterocycles. The average molecular weight is 232 g/mol. The first-order valence-corrected chi connectivity index (χ1v) is 6.72. The van der Waals surface area contributed by atoms with Crippen LogP contribution < -0.4 is 0 Å². The topological polar surface area (TPSA) is 0 Å². The Morgan fingerprint density at radius 1 is 1.20 bits per heavy atom. The second kappa shape index (κ2) is 5.16. The maximum atomic E-state index is 3.20. The SMILES string of the molecule is CCCC#Cc1ccc(-c2cccs2)s1. The molecule has 0 nitrogen and oxygen atoms in total. The molecular weight excluding hydrogens is 220 g/mol. The Labute approximate surface area is 98.6 Å². The van der Waals surface area contributed by atoms with E-state index in [1.54, 1.807) is 22.7 Å². The molecule has 0 aliphatic carbocycles. The number of hydrogen-bond donors (Lipinski definition) is 0. The van der Waals surface area contributed by atoms with Gasteiger partial charge in [0.25, 0.3) is 0 Å². The zero-order chi connectivity index (χ0) is 10.5. The molecule has 0 bridgehead atoms. The normalized spacial score (nSPS) is 9.67. The summed E-state index contributed by atoms with van der Waals surface area (Å²) in [5.74, 6) is 6.37. The second-order valence-electron chi connectivity index (χ2n) is 3.19. The van der Waals surface area contributed by atoms with Crippen LogP contribution in [0.1, 0.15) is 24.6 Å². The first kappa shape index (κ1) is 10.5. The Morgan fingerprint density at radius 3 is 2.87 bits per heavy atom. The average Bonchev–Trinajstić information content (AvgIpc) is 2.87. The van der Waals surface area contributed by atoms with Crippen molar-refractivity contribution in [1.29, 1.82) is 0 Å². The molecule has 0 amide bonds. The Bertz CT molecular complexity index is 466. The number of hydrogen-bond acceptors (Lipinski definition) is 2. The number of unbranched alkanes of at least 4 members (excludes halogenated alkanes) is 1. The minimum atomic E-state index is 0.992. The van der Waals surface area contributed by atoms with Crippen molar-refractivity contribution < 1.29 is 0 Å². The van der Waals surface area contributed by atoms with Crippen LogP contribution in [-0.2, 0) is 0 Å². The fourth-order valence-corrected chi connectivity index (χ4v) is 2.95. The lowest BCUT2D eigenvalue weighted by atomic mass is 10.3. The molecule has 76 valence electrons. The van der Waals surface area contributed by atoms with Crippen molar-refractivity contribution in [3.05, 3.63) is 34.5 Å². The zero-order valence-corrected chi connectivity index (χ0v) is 10.3. The van der Waals surface area contributed by atoms with Crippen molar-refractivity contribution in [2.75, 3.05) is 0 Å². The van der Waals surface area contributed by atoms with Gasteiger partial charge in [-0.1, -0.05) is 24.8 Å². The molecule has 0 saturated carbocycles. The fourth-order valence-electron chi connectivity index (χ4n) is 1.23. The van der Waals surface area contributed by atoms with Crippen LogP contribution in [0.4, 0.5) is 0 Å². The van der Waals surface area contributed by atoms with Gasteiger partial charge in [-0.15, -0.1) is 22.7 Å². The van der Waals surface area contributed by atoms with Crippen LogP contribution in [0.5, 0.6) is 0 Å². The molecule has 0 aromatic carbocycles. The zero-order valence-electron chi connectivity index (χ0n) is 8.62. The van der Waals surface area contributed by atoms with E-state index in [1.165, 1.54) is 14.6 Å². The van der Waals surface area contributed by atoms with E-state index in [4.69, 9.17) is 0 Å². The highest BCUT2D eigenvalue weighted by atomic mass is 32.1. The maximum Gasteiger partial charge on any atom is 0.0775 e. The van der Waals surface area contributed by atoms with E-state index in [-0.39, 0.29) is 0 Å². The van der Waals surface area contributed by atoms with Gasteiger partial charge in [0.05, 0.1) is 4.88 Å². The quantitative estimate of drug-likeness (QED) is 0.662. The molecule has 0 atom stereocenters. The van der Waals surface area contributed by atoms with Crippen LogP contribution in [0.3, 0.4) is 0 Å². The third-order valence-corrected chi connectivity index (χ3v) is 4.02. The summed E-state index contributed by atoms with van der Waals surface area (Å²) in [5, 5.41) is 2.11. The van der Waals surface area contributed by atoms with Gasteiger partial charge in [0, 0.05) is 16.2 Å². The van der Waals surface area contributed by atoms with E-state index in [0.29, 0.717) is 0 Å². The molecule has 2 aromatic rings.